The van der Waals surface area contributed by atoms with Crippen molar-refractivity contribution in [1.82, 2.24) is 9.88 Å². The van der Waals surface area contributed by atoms with E-state index in [1.54, 1.807) is 23.2 Å². The Morgan fingerprint density at radius 1 is 1.15 bits per heavy atom. The van der Waals surface area contributed by atoms with Gasteiger partial charge in [-0.15, -0.1) is 0 Å². The van der Waals surface area contributed by atoms with Crippen LogP contribution < -0.4 is 4.90 Å². The number of hydrogen-bond donors (Lipinski definition) is 0. The van der Waals surface area contributed by atoms with Gasteiger partial charge in [0.15, 0.2) is 6.61 Å². The molecule has 0 atom stereocenters. The average molecular weight is 361 g/mol. The number of nitrogens with zero attached hydrogens (tertiary/aromatic N) is 3. The zero-order valence-corrected chi connectivity index (χ0v) is 16.4. The van der Waals surface area contributed by atoms with Gasteiger partial charge in [0.05, 0.1) is 0 Å². The molecule has 0 unspecified atom stereocenters. The molecule has 0 N–H and O–H groups in total. The number of rotatable bonds is 8. The maximum absolute atomic E-state index is 12.5. The summed E-state index contributed by atoms with van der Waals surface area (Å²) in [7, 11) is 0. The summed E-state index contributed by atoms with van der Waals surface area (Å²) in [4.78, 5) is 33.3. The Labute approximate surface area is 156 Å². The molecule has 1 fully saturated rings. The Hall–Kier alpha value is -2.11. The predicted molar refractivity (Wildman–Crippen MR) is 102 cm³/mol. The Balaban J connectivity index is 2.00. The topological polar surface area (TPSA) is 62.7 Å². The van der Waals surface area contributed by atoms with Crippen LogP contribution in [0.4, 0.5) is 5.82 Å². The fourth-order valence-electron chi connectivity index (χ4n) is 3.19. The Morgan fingerprint density at radius 2 is 1.77 bits per heavy atom. The second-order valence-corrected chi connectivity index (χ2v) is 7.73. The van der Waals surface area contributed by atoms with Crippen LogP contribution in [0.3, 0.4) is 0 Å². The van der Waals surface area contributed by atoms with Crippen molar-refractivity contribution in [2.45, 2.75) is 40.5 Å². The van der Waals surface area contributed by atoms with Crippen LogP contribution in [0.1, 0.15) is 50.9 Å². The van der Waals surface area contributed by atoms with E-state index in [2.05, 4.69) is 37.6 Å². The molecular weight excluding hydrogens is 330 g/mol. The van der Waals surface area contributed by atoms with E-state index in [1.807, 2.05) is 0 Å². The molecule has 6 nitrogen and oxygen atoms in total. The van der Waals surface area contributed by atoms with Gasteiger partial charge in [-0.05, 0) is 36.8 Å². The molecule has 1 aliphatic rings. The number of carbonyl (C=O) groups excluding carboxylic acids is 2. The van der Waals surface area contributed by atoms with Gasteiger partial charge < -0.3 is 14.5 Å². The van der Waals surface area contributed by atoms with E-state index in [1.165, 1.54) is 0 Å². The lowest BCUT2D eigenvalue weighted by Gasteiger charge is -2.26. The number of hydrogen-bond acceptors (Lipinski definition) is 5. The van der Waals surface area contributed by atoms with Crippen LogP contribution in [0.5, 0.6) is 0 Å². The zero-order valence-electron chi connectivity index (χ0n) is 16.4. The van der Waals surface area contributed by atoms with Crippen molar-refractivity contribution in [1.29, 1.82) is 0 Å². The van der Waals surface area contributed by atoms with Crippen LogP contribution in [0, 0.1) is 11.8 Å². The lowest BCUT2D eigenvalue weighted by atomic mass is 10.1. The number of anilines is 1. The minimum absolute atomic E-state index is 0.146. The molecule has 2 rings (SSSR count). The first-order valence-corrected chi connectivity index (χ1v) is 9.53. The van der Waals surface area contributed by atoms with Crippen LogP contribution in [0.25, 0.3) is 0 Å². The van der Waals surface area contributed by atoms with Crippen molar-refractivity contribution in [2.24, 2.45) is 11.8 Å². The van der Waals surface area contributed by atoms with Crippen LogP contribution in [0.15, 0.2) is 18.3 Å². The minimum atomic E-state index is -0.484. The van der Waals surface area contributed by atoms with Crippen LogP contribution >= 0.6 is 0 Å². The van der Waals surface area contributed by atoms with E-state index in [0.29, 0.717) is 36.3 Å². The number of esters is 1. The minimum Gasteiger partial charge on any atom is -0.452 e. The second-order valence-electron chi connectivity index (χ2n) is 7.73. The number of aromatic nitrogens is 1. The highest BCUT2D eigenvalue weighted by Crippen LogP contribution is 2.22. The fourth-order valence-corrected chi connectivity index (χ4v) is 3.19. The SMILES string of the molecule is CC(C)CN(CC(C)C)C(=O)COC(=O)c1cccnc1N1CCCC1. The van der Waals surface area contributed by atoms with E-state index in [0.717, 1.165) is 25.9 Å². The Kier molecular flexibility index (Phi) is 7.42. The van der Waals surface area contributed by atoms with E-state index in [-0.39, 0.29) is 12.5 Å². The van der Waals surface area contributed by atoms with Crippen molar-refractivity contribution < 1.29 is 14.3 Å². The van der Waals surface area contributed by atoms with E-state index < -0.39 is 5.97 Å². The molecule has 26 heavy (non-hydrogen) atoms. The first kappa shape index (κ1) is 20.2. The summed E-state index contributed by atoms with van der Waals surface area (Å²) >= 11 is 0. The molecule has 0 aliphatic carbocycles. The highest BCUT2D eigenvalue weighted by Gasteiger charge is 2.23. The molecule has 1 amide bonds. The maximum Gasteiger partial charge on any atom is 0.342 e. The smallest absolute Gasteiger partial charge is 0.342 e. The first-order valence-electron chi connectivity index (χ1n) is 9.53. The van der Waals surface area contributed by atoms with Gasteiger partial charge in [0, 0.05) is 32.4 Å². The molecule has 0 spiro atoms. The van der Waals surface area contributed by atoms with Gasteiger partial charge in [-0.2, -0.15) is 0 Å². The van der Waals surface area contributed by atoms with Crippen molar-refractivity contribution in [3.63, 3.8) is 0 Å². The zero-order chi connectivity index (χ0) is 19.1. The second kappa shape index (κ2) is 9.55. The third-order valence-electron chi connectivity index (χ3n) is 4.26. The lowest BCUT2D eigenvalue weighted by Crippen LogP contribution is -2.39. The molecule has 1 aromatic rings. The molecule has 6 heteroatoms. The summed E-state index contributed by atoms with van der Waals surface area (Å²) in [5, 5.41) is 0. The van der Waals surface area contributed by atoms with Crippen LogP contribution in [-0.2, 0) is 9.53 Å². The molecule has 1 aliphatic heterocycles. The molecule has 0 aromatic carbocycles. The van der Waals surface area contributed by atoms with Gasteiger partial charge in [-0.3, -0.25) is 4.79 Å². The Bertz CT molecular complexity index is 600. The van der Waals surface area contributed by atoms with Crippen LogP contribution in [0.2, 0.25) is 0 Å². The molecule has 0 bridgehead atoms. The standard InChI is InChI=1S/C20H31N3O3/c1-15(2)12-23(13-16(3)4)18(24)14-26-20(25)17-8-7-9-21-19(17)22-10-5-6-11-22/h7-9,15-16H,5-6,10-14H2,1-4H3. The van der Waals surface area contributed by atoms with Crippen LogP contribution in [-0.4, -0.2) is 54.5 Å². The van der Waals surface area contributed by atoms with Gasteiger partial charge in [0.2, 0.25) is 0 Å². The highest BCUT2D eigenvalue weighted by atomic mass is 16.5. The molecule has 0 saturated carbocycles. The van der Waals surface area contributed by atoms with Crippen molar-refractivity contribution in [3.8, 4) is 0 Å². The van der Waals surface area contributed by atoms with Gasteiger partial charge in [-0.1, -0.05) is 27.7 Å². The van der Waals surface area contributed by atoms with Crippen molar-refractivity contribution >= 4 is 17.7 Å². The lowest BCUT2D eigenvalue weighted by molar-refractivity contribution is -0.135. The number of amides is 1. The van der Waals surface area contributed by atoms with E-state index in [9.17, 15) is 9.59 Å². The quantitative estimate of drug-likeness (QED) is 0.666. The van der Waals surface area contributed by atoms with Gasteiger partial charge in [-0.25, -0.2) is 9.78 Å². The third-order valence-corrected chi connectivity index (χ3v) is 4.26. The first-order chi connectivity index (χ1) is 12.4. The maximum atomic E-state index is 12.5. The molecule has 0 radical (unpaired) electrons. The Morgan fingerprint density at radius 3 is 2.35 bits per heavy atom. The normalized spacial score (nSPS) is 14.2. The summed E-state index contributed by atoms with van der Waals surface area (Å²) in [6.07, 6.45) is 3.88. The van der Waals surface area contributed by atoms with E-state index >= 15 is 0 Å². The molecule has 2 heterocycles. The molecule has 1 saturated heterocycles. The molecule has 1 aromatic heterocycles. The highest BCUT2D eigenvalue weighted by molar-refractivity contribution is 5.96. The largest absolute Gasteiger partial charge is 0.452 e. The predicted octanol–water partition coefficient (Wildman–Crippen LogP) is 2.98. The van der Waals surface area contributed by atoms with Gasteiger partial charge in [0.25, 0.3) is 5.91 Å². The van der Waals surface area contributed by atoms with Gasteiger partial charge >= 0.3 is 5.97 Å². The fraction of sp³-hybridized carbons (Fsp3) is 0.650. The third kappa shape index (κ3) is 5.71. The summed E-state index contributed by atoms with van der Waals surface area (Å²) < 4.78 is 5.34. The molecular formula is C20H31N3O3. The number of carbonyl (C=O) groups is 2. The summed E-state index contributed by atoms with van der Waals surface area (Å²) in [5.74, 6) is 0.764. The van der Waals surface area contributed by atoms with Crippen molar-refractivity contribution in [2.75, 3.05) is 37.7 Å². The number of pyridine rings is 1. The monoisotopic (exact) mass is 361 g/mol. The van der Waals surface area contributed by atoms with E-state index in [4.69, 9.17) is 4.74 Å². The average Bonchev–Trinajstić information content (AvgIpc) is 3.12. The summed E-state index contributed by atoms with van der Waals surface area (Å²) in [6, 6.07) is 3.44. The van der Waals surface area contributed by atoms with Gasteiger partial charge in [0.1, 0.15) is 11.4 Å². The summed E-state index contributed by atoms with van der Waals surface area (Å²) in [5.41, 5.74) is 0.432. The summed E-state index contributed by atoms with van der Waals surface area (Å²) in [6.45, 7) is 11.2. The number of ether oxygens (including phenoxy) is 1. The van der Waals surface area contributed by atoms with Crippen molar-refractivity contribution in [3.05, 3.63) is 23.9 Å². The molecule has 144 valence electrons.